The Morgan fingerprint density at radius 2 is 2.11 bits per heavy atom. The number of hydrazine groups is 1. The summed E-state index contributed by atoms with van der Waals surface area (Å²) in [6, 6.07) is 8.94. The Morgan fingerprint density at radius 1 is 1.26 bits per heavy atom. The van der Waals surface area contributed by atoms with Gasteiger partial charge in [-0.1, -0.05) is 6.07 Å². The number of methoxy groups -OCH3 is 1. The van der Waals surface area contributed by atoms with E-state index in [-0.39, 0.29) is 35.9 Å². The molecule has 0 saturated carbocycles. The van der Waals surface area contributed by atoms with Crippen molar-refractivity contribution in [1.29, 1.82) is 5.26 Å². The number of amides is 1. The van der Waals surface area contributed by atoms with Crippen LogP contribution in [0.5, 0.6) is 5.75 Å². The molecule has 1 amide bonds. The first-order valence-electron chi connectivity index (χ1n) is 10.9. The highest BCUT2D eigenvalue weighted by Crippen LogP contribution is 2.37. The predicted octanol–water partition coefficient (Wildman–Crippen LogP) is -0.322. The average molecular weight is 477 g/mol. The number of ether oxygens (including phenoxy) is 1. The minimum absolute atomic E-state index is 0.0297. The molecular formula is C21H24N12O2. The Bertz CT molecular complexity index is 1290. The van der Waals surface area contributed by atoms with Crippen LogP contribution in [0, 0.1) is 17.2 Å². The van der Waals surface area contributed by atoms with Gasteiger partial charge in [-0.3, -0.25) is 15.1 Å². The summed E-state index contributed by atoms with van der Waals surface area (Å²) in [7, 11) is 4.97. The molecule has 4 N–H and O–H groups in total. The maximum Gasteiger partial charge on any atom is 0.244 e. The van der Waals surface area contributed by atoms with Gasteiger partial charge >= 0.3 is 0 Å². The minimum atomic E-state index is -0.374. The van der Waals surface area contributed by atoms with Crippen LogP contribution in [0.15, 0.2) is 30.6 Å². The first-order chi connectivity index (χ1) is 17.0. The molecule has 14 heteroatoms. The number of para-hydroxylation sites is 1. The summed E-state index contributed by atoms with van der Waals surface area (Å²) in [5.41, 5.74) is 4.83. The molecule has 14 nitrogen and oxygen atoms in total. The molecular weight excluding hydrogens is 452 g/mol. The van der Waals surface area contributed by atoms with Crippen molar-refractivity contribution in [3.05, 3.63) is 36.3 Å². The number of hydrogen-bond donors (Lipinski definition) is 4. The van der Waals surface area contributed by atoms with Gasteiger partial charge in [-0.25, -0.2) is 15.4 Å². The molecule has 0 aliphatic carbocycles. The molecule has 0 spiro atoms. The van der Waals surface area contributed by atoms with E-state index in [2.05, 4.69) is 46.8 Å². The molecule has 2 aromatic heterocycles. The topological polar surface area (TPSA) is 171 Å². The zero-order valence-electron chi connectivity index (χ0n) is 19.3. The van der Waals surface area contributed by atoms with Gasteiger partial charge in [0, 0.05) is 25.6 Å². The van der Waals surface area contributed by atoms with Crippen LogP contribution in [0.25, 0.3) is 11.4 Å². The monoisotopic (exact) mass is 476 g/mol. The van der Waals surface area contributed by atoms with Gasteiger partial charge in [0.05, 0.1) is 43.7 Å². The fourth-order valence-corrected chi connectivity index (χ4v) is 4.51. The third-order valence-electron chi connectivity index (χ3n) is 6.02. The third kappa shape index (κ3) is 4.29. The van der Waals surface area contributed by atoms with E-state index >= 15 is 0 Å². The molecule has 4 heterocycles. The van der Waals surface area contributed by atoms with Gasteiger partial charge < -0.3 is 15.4 Å². The van der Waals surface area contributed by atoms with Crippen molar-refractivity contribution in [1.82, 2.24) is 45.9 Å². The number of nitrogens with zero attached hydrogens (tertiary/aromatic N) is 8. The molecule has 3 aromatic rings. The molecule has 1 aromatic carbocycles. The van der Waals surface area contributed by atoms with Gasteiger partial charge in [-0.05, 0) is 17.3 Å². The fraction of sp³-hybridized carbons (Fsp3) is 0.381. The second kappa shape index (κ2) is 9.12. The molecule has 0 radical (unpaired) electrons. The highest BCUT2D eigenvalue weighted by Gasteiger charge is 2.48. The van der Waals surface area contributed by atoms with Gasteiger partial charge in [0.1, 0.15) is 23.9 Å². The summed E-state index contributed by atoms with van der Waals surface area (Å²) in [4.78, 5) is 22.5. The lowest BCUT2D eigenvalue weighted by Crippen LogP contribution is -2.60. The summed E-state index contributed by atoms with van der Waals surface area (Å²) in [5, 5.41) is 33.2. The smallest absolute Gasteiger partial charge is 0.244 e. The van der Waals surface area contributed by atoms with Crippen LogP contribution in [-0.2, 0) is 11.8 Å². The number of benzene rings is 1. The zero-order chi connectivity index (χ0) is 24.5. The van der Waals surface area contributed by atoms with E-state index < -0.39 is 0 Å². The maximum atomic E-state index is 13.0. The number of carbonyl (C=O) groups is 1. The predicted molar refractivity (Wildman–Crippen MR) is 123 cm³/mol. The van der Waals surface area contributed by atoms with Crippen LogP contribution in [0.1, 0.15) is 12.1 Å². The SMILES string of the molecule is COc1c(NC2CC(Nc3cc(C#N)ncn3)NC3NN(C)C(=O)C23)cccc1-c1nnn(C)n1. The molecule has 2 aliphatic heterocycles. The molecule has 4 atom stereocenters. The van der Waals surface area contributed by atoms with E-state index in [0.717, 1.165) is 0 Å². The fourth-order valence-electron chi connectivity index (χ4n) is 4.51. The summed E-state index contributed by atoms with van der Waals surface area (Å²) < 4.78 is 5.72. The molecule has 4 unspecified atom stereocenters. The summed E-state index contributed by atoms with van der Waals surface area (Å²) >= 11 is 0. The van der Waals surface area contributed by atoms with Crippen molar-refractivity contribution < 1.29 is 9.53 Å². The lowest BCUT2D eigenvalue weighted by molar-refractivity contribution is -0.131. The highest BCUT2D eigenvalue weighted by molar-refractivity contribution is 5.83. The third-order valence-corrected chi connectivity index (χ3v) is 6.02. The lowest BCUT2D eigenvalue weighted by atomic mass is 9.88. The number of rotatable bonds is 6. The van der Waals surface area contributed by atoms with Crippen molar-refractivity contribution in [3.8, 4) is 23.2 Å². The normalized spacial score (nSPS) is 23.5. The van der Waals surface area contributed by atoms with Crippen molar-refractivity contribution in [2.24, 2.45) is 13.0 Å². The van der Waals surface area contributed by atoms with Crippen molar-refractivity contribution in [3.63, 3.8) is 0 Å². The Hall–Kier alpha value is -4.35. The van der Waals surface area contributed by atoms with Crippen LogP contribution >= 0.6 is 0 Å². The van der Waals surface area contributed by atoms with Crippen LogP contribution < -0.4 is 26.1 Å². The van der Waals surface area contributed by atoms with Crippen LogP contribution in [0.3, 0.4) is 0 Å². The minimum Gasteiger partial charge on any atom is -0.494 e. The van der Waals surface area contributed by atoms with E-state index in [9.17, 15) is 4.79 Å². The Balaban J connectivity index is 1.44. The standard InChI is InChI=1S/C21H24N12O2/c1-32-21(34)17-14(8-16(27-20(17)29-32)26-15-7-11(9-22)23-10-24-15)25-13-6-4-5-12(18(13)35-3)19-28-31-33(2)30-19/h4-7,10,14,16-17,20,25,27,29H,8H2,1-3H3,(H,23,24,26). The van der Waals surface area contributed by atoms with E-state index in [4.69, 9.17) is 10.00 Å². The number of carbonyl (C=O) groups excluding carboxylic acids is 1. The van der Waals surface area contributed by atoms with Gasteiger partial charge in [-0.15, -0.1) is 10.2 Å². The van der Waals surface area contributed by atoms with E-state index in [1.165, 1.54) is 16.1 Å². The van der Waals surface area contributed by atoms with Gasteiger partial charge in [0.2, 0.25) is 11.7 Å². The van der Waals surface area contributed by atoms with Crippen LogP contribution in [-0.4, -0.2) is 73.6 Å². The Labute approximate surface area is 200 Å². The Morgan fingerprint density at radius 3 is 2.86 bits per heavy atom. The number of nitriles is 1. The quantitative estimate of drug-likeness (QED) is 0.366. The second-order valence-electron chi connectivity index (χ2n) is 8.27. The molecule has 0 bridgehead atoms. The van der Waals surface area contributed by atoms with E-state index in [0.29, 0.717) is 35.1 Å². The molecule has 2 fully saturated rings. The molecule has 2 saturated heterocycles. The van der Waals surface area contributed by atoms with Gasteiger partial charge in [-0.2, -0.15) is 10.1 Å². The molecule has 2 aliphatic rings. The number of tetrazole rings is 1. The second-order valence-corrected chi connectivity index (χ2v) is 8.27. The summed E-state index contributed by atoms with van der Waals surface area (Å²) in [6.45, 7) is 0. The first kappa shape index (κ1) is 22.4. The number of fused-ring (bicyclic) bond motifs is 1. The number of hydrogen-bond acceptors (Lipinski definition) is 12. The number of aromatic nitrogens is 6. The number of aryl methyl sites for hydroxylation is 1. The van der Waals surface area contributed by atoms with Crippen molar-refractivity contribution in [2.45, 2.75) is 24.8 Å². The van der Waals surface area contributed by atoms with Crippen LogP contribution in [0.2, 0.25) is 0 Å². The lowest BCUT2D eigenvalue weighted by Gasteiger charge is -2.39. The van der Waals surface area contributed by atoms with Crippen molar-refractivity contribution >= 4 is 17.4 Å². The maximum absolute atomic E-state index is 13.0. The van der Waals surface area contributed by atoms with E-state index in [1.54, 1.807) is 27.3 Å². The Kier molecular flexibility index (Phi) is 5.85. The van der Waals surface area contributed by atoms with Gasteiger partial charge in [0.15, 0.2) is 5.75 Å². The van der Waals surface area contributed by atoms with Gasteiger partial charge in [0.25, 0.3) is 0 Å². The van der Waals surface area contributed by atoms with Crippen LogP contribution in [0.4, 0.5) is 11.5 Å². The summed E-state index contributed by atoms with van der Waals surface area (Å²) in [6.07, 6.45) is 1.30. The molecule has 35 heavy (non-hydrogen) atoms. The molecule has 180 valence electrons. The largest absolute Gasteiger partial charge is 0.494 e. The number of piperidine rings is 1. The van der Waals surface area contributed by atoms with E-state index in [1.807, 2.05) is 24.3 Å². The first-order valence-corrected chi connectivity index (χ1v) is 10.9. The highest BCUT2D eigenvalue weighted by atomic mass is 16.5. The average Bonchev–Trinajstić information content (AvgIpc) is 3.41. The molecule has 5 rings (SSSR count). The van der Waals surface area contributed by atoms with Crippen molar-refractivity contribution in [2.75, 3.05) is 24.8 Å². The zero-order valence-corrected chi connectivity index (χ0v) is 19.3. The number of nitrogens with one attached hydrogen (secondary N) is 4. The number of anilines is 2. The summed E-state index contributed by atoms with van der Waals surface area (Å²) in [5.74, 6) is 1.10.